The number of fused-ring (bicyclic) bond motifs is 1. The Hall–Kier alpha value is -3.78. The fourth-order valence-corrected chi connectivity index (χ4v) is 3.71. The summed E-state index contributed by atoms with van der Waals surface area (Å²) in [5.74, 6) is -0.0574. The van der Waals surface area contributed by atoms with Crippen molar-refractivity contribution in [2.45, 2.75) is 19.9 Å². The molecule has 0 atom stereocenters. The Kier molecular flexibility index (Phi) is 6.65. The summed E-state index contributed by atoms with van der Waals surface area (Å²) in [6.07, 6.45) is 0.935. The smallest absolute Gasteiger partial charge is 0.266 e. The highest BCUT2D eigenvalue weighted by atomic mass is 32.1. The summed E-state index contributed by atoms with van der Waals surface area (Å²) in [5.41, 5.74) is 1.32. The van der Waals surface area contributed by atoms with Crippen molar-refractivity contribution in [3.63, 3.8) is 0 Å². The van der Waals surface area contributed by atoms with Gasteiger partial charge in [-0.05, 0) is 66.7 Å². The first-order chi connectivity index (χ1) is 16.0. The molecule has 0 saturated carbocycles. The molecule has 0 aliphatic heterocycles. The minimum absolute atomic E-state index is 0.0422. The average Bonchev–Trinajstić information content (AvgIpc) is 2.82. The van der Waals surface area contributed by atoms with Crippen molar-refractivity contribution in [1.82, 2.24) is 14.9 Å². The molecule has 33 heavy (non-hydrogen) atoms. The number of halogens is 1. The lowest BCUT2D eigenvalue weighted by molar-refractivity contribution is 0.0951. The monoisotopic (exact) mass is 463 g/mol. The lowest BCUT2D eigenvalue weighted by atomic mass is 10.1. The van der Waals surface area contributed by atoms with Crippen LogP contribution in [0.25, 0.3) is 16.6 Å². The van der Waals surface area contributed by atoms with Gasteiger partial charge in [-0.1, -0.05) is 31.2 Å². The lowest BCUT2D eigenvalue weighted by Gasteiger charge is -2.10. The molecule has 0 saturated heterocycles. The molecule has 0 spiro atoms. The van der Waals surface area contributed by atoms with Crippen molar-refractivity contribution in [3.05, 3.63) is 98.8 Å². The van der Waals surface area contributed by atoms with Gasteiger partial charge in [-0.25, -0.2) is 8.96 Å². The predicted molar refractivity (Wildman–Crippen MR) is 128 cm³/mol. The zero-order valence-electron chi connectivity index (χ0n) is 17.9. The molecule has 2 N–H and O–H groups in total. The molecule has 0 bridgehead atoms. The van der Waals surface area contributed by atoms with Gasteiger partial charge in [0.2, 0.25) is 0 Å². The summed E-state index contributed by atoms with van der Waals surface area (Å²) >= 11 is 5.30. The summed E-state index contributed by atoms with van der Waals surface area (Å²) < 4.78 is 20.9. The number of nitrogens with one attached hydrogen (secondary N) is 2. The Balaban J connectivity index is 1.55. The maximum absolute atomic E-state index is 14.2. The van der Waals surface area contributed by atoms with Crippen LogP contribution < -0.4 is 15.6 Å². The zero-order chi connectivity index (χ0) is 23.4. The number of ether oxygens (including phenoxy) is 1. The Bertz CT molecular complexity index is 1430. The second kappa shape index (κ2) is 9.79. The van der Waals surface area contributed by atoms with E-state index in [2.05, 4.69) is 10.3 Å². The maximum Gasteiger partial charge on any atom is 0.266 e. The number of carbonyl (C=O) groups excluding carboxylic acids is 1. The van der Waals surface area contributed by atoms with Gasteiger partial charge in [0.25, 0.3) is 11.5 Å². The van der Waals surface area contributed by atoms with Crippen molar-refractivity contribution < 1.29 is 13.9 Å². The van der Waals surface area contributed by atoms with Gasteiger partial charge in [0.05, 0.1) is 23.2 Å². The number of aromatic nitrogens is 2. The number of hydrogen-bond donors (Lipinski definition) is 2. The molecule has 4 rings (SSSR count). The number of benzene rings is 3. The second-order valence-electron chi connectivity index (χ2n) is 7.46. The van der Waals surface area contributed by atoms with Crippen molar-refractivity contribution in [2.75, 3.05) is 6.61 Å². The number of amides is 1. The maximum atomic E-state index is 14.2. The summed E-state index contributed by atoms with van der Waals surface area (Å²) in [6.45, 7) is 3.05. The number of carbonyl (C=O) groups is 1. The number of rotatable bonds is 7. The predicted octanol–water partition coefficient (Wildman–Crippen LogP) is 4.91. The highest BCUT2D eigenvalue weighted by Gasteiger charge is 2.13. The van der Waals surface area contributed by atoms with Gasteiger partial charge in [-0.2, -0.15) is 0 Å². The number of nitrogens with zero attached hydrogens (tertiary/aromatic N) is 1. The summed E-state index contributed by atoms with van der Waals surface area (Å²) in [5, 5.41) is 3.16. The quantitative estimate of drug-likeness (QED) is 0.382. The Morgan fingerprint density at radius 1 is 1.12 bits per heavy atom. The first-order valence-electron chi connectivity index (χ1n) is 10.5. The van der Waals surface area contributed by atoms with E-state index >= 15 is 0 Å². The number of para-hydroxylation sites is 1. The lowest BCUT2D eigenvalue weighted by Crippen LogP contribution is -2.24. The molecule has 8 heteroatoms. The van der Waals surface area contributed by atoms with Crippen LogP contribution in [-0.2, 0) is 6.54 Å². The van der Waals surface area contributed by atoms with Crippen LogP contribution in [0.1, 0.15) is 29.3 Å². The van der Waals surface area contributed by atoms with E-state index in [1.807, 2.05) is 31.2 Å². The van der Waals surface area contributed by atoms with Crippen molar-refractivity contribution in [3.8, 4) is 11.4 Å². The van der Waals surface area contributed by atoms with E-state index in [1.165, 1.54) is 24.3 Å². The molecule has 1 heterocycles. The van der Waals surface area contributed by atoms with E-state index < -0.39 is 11.4 Å². The molecule has 3 aromatic carbocycles. The molecule has 168 valence electrons. The highest BCUT2D eigenvalue weighted by molar-refractivity contribution is 7.71. The summed E-state index contributed by atoms with van der Waals surface area (Å²) in [6, 6.07) is 18.1. The van der Waals surface area contributed by atoms with Crippen LogP contribution in [0.3, 0.4) is 0 Å². The first-order valence-corrected chi connectivity index (χ1v) is 10.9. The largest absolute Gasteiger partial charge is 0.494 e. The molecule has 1 aromatic heterocycles. The van der Waals surface area contributed by atoms with Crippen LogP contribution in [0.2, 0.25) is 0 Å². The Labute approximate surface area is 194 Å². The van der Waals surface area contributed by atoms with Gasteiger partial charge in [-0.3, -0.25) is 9.59 Å². The molecule has 0 aliphatic carbocycles. The Morgan fingerprint density at radius 3 is 2.61 bits per heavy atom. The van der Waals surface area contributed by atoms with E-state index in [0.29, 0.717) is 29.6 Å². The molecular weight excluding hydrogens is 441 g/mol. The fraction of sp³-hybridized carbons (Fsp3) is 0.160. The SMILES string of the molecule is CCCOc1ccc(CNC(=O)c2ccc3c(=O)n(-c4ccccc4F)c(=S)[nH]c3c2)cc1. The number of aromatic amines is 1. The third-order valence-electron chi connectivity index (χ3n) is 5.10. The Morgan fingerprint density at radius 2 is 1.88 bits per heavy atom. The van der Waals surface area contributed by atoms with Gasteiger partial charge < -0.3 is 15.0 Å². The molecule has 0 radical (unpaired) electrons. The van der Waals surface area contributed by atoms with E-state index in [-0.39, 0.29) is 16.4 Å². The van der Waals surface area contributed by atoms with Crippen LogP contribution in [0.4, 0.5) is 4.39 Å². The number of hydrogen-bond acceptors (Lipinski definition) is 4. The molecule has 0 unspecified atom stereocenters. The molecule has 0 fully saturated rings. The van der Waals surface area contributed by atoms with E-state index in [1.54, 1.807) is 18.2 Å². The van der Waals surface area contributed by atoms with Crippen molar-refractivity contribution in [1.29, 1.82) is 0 Å². The molecule has 6 nitrogen and oxygen atoms in total. The van der Waals surface area contributed by atoms with E-state index in [4.69, 9.17) is 17.0 Å². The van der Waals surface area contributed by atoms with Gasteiger partial charge in [0.1, 0.15) is 11.6 Å². The first kappa shape index (κ1) is 22.4. The minimum Gasteiger partial charge on any atom is -0.494 e. The third-order valence-corrected chi connectivity index (χ3v) is 5.39. The third kappa shape index (κ3) is 4.85. The van der Waals surface area contributed by atoms with Crippen LogP contribution >= 0.6 is 12.2 Å². The standard InChI is InChI=1S/C25H22FN3O3S/c1-2-13-32-18-10-7-16(8-11-18)15-27-23(30)17-9-12-19-21(14-17)28-25(33)29(24(19)31)22-6-4-3-5-20(22)26/h3-12,14H,2,13,15H2,1H3,(H,27,30)(H,28,33). The molecule has 1 amide bonds. The summed E-state index contributed by atoms with van der Waals surface area (Å²) in [7, 11) is 0. The zero-order valence-corrected chi connectivity index (χ0v) is 18.7. The minimum atomic E-state index is -0.556. The van der Waals surface area contributed by atoms with Crippen LogP contribution in [0.15, 0.2) is 71.5 Å². The van der Waals surface area contributed by atoms with Crippen LogP contribution in [0.5, 0.6) is 5.75 Å². The average molecular weight is 464 g/mol. The topological polar surface area (TPSA) is 76.1 Å². The van der Waals surface area contributed by atoms with Gasteiger partial charge in [0, 0.05) is 12.1 Å². The fourth-order valence-electron chi connectivity index (χ4n) is 3.42. The van der Waals surface area contributed by atoms with Crippen LogP contribution in [0, 0.1) is 10.6 Å². The normalized spacial score (nSPS) is 10.8. The second-order valence-corrected chi connectivity index (χ2v) is 7.84. The van der Waals surface area contributed by atoms with Gasteiger partial charge in [0.15, 0.2) is 4.77 Å². The molecular formula is C25H22FN3O3S. The van der Waals surface area contributed by atoms with Gasteiger partial charge in [-0.15, -0.1) is 0 Å². The molecule has 4 aromatic rings. The van der Waals surface area contributed by atoms with Crippen LogP contribution in [-0.4, -0.2) is 22.1 Å². The van der Waals surface area contributed by atoms with E-state index in [0.717, 1.165) is 22.3 Å². The number of H-pyrrole nitrogens is 1. The molecule has 0 aliphatic rings. The van der Waals surface area contributed by atoms with Crippen molar-refractivity contribution in [2.24, 2.45) is 0 Å². The highest BCUT2D eigenvalue weighted by Crippen LogP contribution is 2.16. The van der Waals surface area contributed by atoms with Gasteiger partial charge >= 0.3 is 0 Å². The van der Waals surface area contributed by atoms with E-state index in [9.17, 15) is 14.0 Å². The van der Waals surface area contributed by atoms with Crippen molar-refractivity contribution >= 4 is 29.0 Å². The summed E-state index contributed by atoms with van der Waals surface area (Å²) in [4.78, 5) is 28.6.